The first-order valence-corrected chi connectivity index (χ1v) is 9.28. The smallest absolute Gasteiger partial charge is 0.375 e. The quantitative estimate of drug-likeness (QED) is 0.628. The molecule has 154 valence electrons. The molecule has 3 amide bonds. The first-order chi connectivity index (χ1) is 14.4. The number of hydrogen-bond donors (Lipinski definition) is 2. The van der Waals surface area contributed by atoms with Gasteiger partial charge in [-0.25, -0.2) is 9.59 Å². The molecule has 0 saturated heterocycles. The Hall–Kier alpha value is -3.94. The maximum atomic E-state index is 12.7. The van der Waals surface area contributed by atoms with Crippen molar-refractivity contribution in [2.45, 2.75) is 20.0 Å². The molecule has 2 aromatic carbocycles. The molecule has 0 radical (unpaired) electrons. The number of amides is 3. The van der Waals surface area contributed by atoms with Crippen molar-refractivity contribution in [1.29, 1.82) is 0 Å². The van der Waals surface area contributed by atoms with Gasteiger partial charge in [-0.3, -0.25) is 14.9 Å². The van der Waals surface area contributed by atoms with Crippen molar-refractivity contribution in [3.8, 4) is 0 Å². The van der Waals surface area contributed by atoms with E-state index in [4.69, 9.17) is 9.15 Å². The molecule has 30 heavy (non-hydrogen) atoms. The molecular formula is C22H20N2O6. The summed E-state index contributed by atoms with van der Waals surface area (Å²) in [6.07, 6.45) is -1.42. The van der Waals surface area contributed by atoms with Crippen molar-refractivity contribution in [3.05, 3.63) is 81.7 Å². The number of aryl methyl sites for hydroxylation is 1. The maximum absolute atomic E-state index is 12.7. The monoisotopic (exact) mass is 408 g/mol. The van der Waals surface area contributed by atoms with Crippen LogP contribution in [0.5, 0.6) is 0 Å². The van der Waals surface area contributed by atoms with E-state index in [1.807, 2.05) is 6.92 Å². The summed E-state index contributed by atoms with van der Waals surface area (Å²) in [4.78, 5) is 49.3. The Morgan fingerprint density at radius 1 is 1.07 bits per heavy atom. The van der Waals surface area contributed by atoms with Gasteiger partial charge < -0.3 is 14.5 Å². The van der Waals surface area contributed by atoms with Gasteiger partial charge in [-0.05, 0) is 26.0 Å². The molecule has 1 aromatic heterocycles. The highest BCUT2D eigenvalue weighted by molar-refractivity contribution is 5.99. The van der Waals surface area contributed by atoms with Gasteiger partial charge in [0.25, 0.3) is 5.91 Å². The van der Waals surface area contributed by atoms with Gasteiger partial charge in [-0.15, -0.1) is 0 Å². The van der Waals surface area contributed by atoms with E-state index in [1.165, 1.54) is 0 Å². The van der Waals surface area contributed by atoms with E-state index in [-0.39, 0.29) is 11.3 Å². The average Bonchev–Trinajstić information content (AvgIpc) is 2.72. The first-order valence-electron chi connectivity index (χ1n) is 9.28. The van der Waals surface area contributed by atoms with E-state index in [0.717, 1.165) is 11.6 Å². The molecule has 0 aliphatic carbocycles. The maximum Gasteiger partial charge on any atom is 0.375 e. The molecule has 2 N–H and O–H groups in total. The zero-order chi connectivity index (χ0) is 21.7. The van der Waals surface area contributed by atoms with Gasteiger partial charge in [-0.2, -0.15) is 0 Å². The highest BCUT2D eigenvalue weighted by Crippen LogP contribution is 2.21. The zero-order valence-corrected chi connectivity index (χ0v) is 16.4. The van der Waals surface area contributed by atoms with Crippen molar-refractivity contribution in [3.63, 3.8) is 0 Å². The van der Waals surface area contributed by atoms with Crippen LogP contribution in [0.15, 0.2) is 63.8 Å². The third-order valence-electron chi connectivity index (χ3n) is 4.22. The highest BCUT2D eigenvalue weighted by atomic mass is 16.6. The number of hydrogen-bond acceptors (Lipinski definition) is 6. The fourth-order valence-electron chi connectivity index (χ4n) is 2.82. The summed E-state index contributed by atoms with van der Waals surface area (Å²) in [5, 5.41) is 4.89. The standard InChI is InChI=1S/C22H20N2O6/c1-3-23-22(28)24-20(26)19(14-7-5-4-6-8-14)30-21(27)18-12-16(25)15-11-13(2)9-10-17(15)29-18/h4-12,19H,3H2,1-2H3,(H2,23,24,26,28)/t19-/m0/s1. The third kappa shape index (κ3) is 4.72. The summed E-state index contributed by atoms with van der Waals surface area (Å²) < 4.78 is 10.8. The van der Waals surface area contributed by atoms with E-state index < -0.39 is 29.4 Å². The Kier molecular flexibility index (Phi) is 6.26. The van der Waals surface area contributed by atoms with Crippen LogP contribution in [-0.2, 0) is 9.53 Å². The number of carbonyl (C=O) groups excluding carboxylic acids is 3. The molecular weight excluding hydrogens is 388 g/mol. The summed E-state index contributed by atoms with van der Waals surface area (Å²) in [6, 6.07) is 13.5. The Labute approximate surface area is 171 Å². The molecule has 0 bridgehead atoms. The second-order valence-corrected chi connectivity index (χ2v) is 6.52. The molecule has 1 atom stereocenters. The van der Waals surface area contributed by atoms with E-state index in [1.54, 1.807) is 55.5 Å². The van der Waals surface area contributed by atoms with Crippen LogP contribution in [0.25, 0.3) is 11.0 Å². The SMILES string of the molecule is CCNC(=O)NC(=O)[C@@H](OC(=O)c1cc(=O)c2cc(C)ccc2o1)c1ccccc1. The number of rotatable bonds is 5. The van der Waals surface area contributed by atoms with Gasteiger partial charge in [0.05, 0.1) is 5.39 Å². The van der Waals surface area contributed by atoms with Gasteiger partial charge >= 0.3 is 12.0 Å². The number of ether oxygens (including phenoxy) is 1. The Morgan fingerprint density at radius 3 is 2.50 bits per heavy atom. The number of urea groups is 1. The van der Waals surface area contributed by atoms with Crippen LogP contribution in [0.3, 0.4) is 0 Å². The van der Waals surface area contributed by atoms with Crippen LogP contribution in [0.1, 0.15) is 34.7 Å². The fraction of sp³-hybridized carbons (Fsp3) is 0.182. The Morgan fingerprint density at radius 2 is 1.80 bits per heavy atom. The van der Waals surface area contributed by atoms with Gasteiger partial charge in [0.15, 0.2) is 5.43 Å². The molecule has 8 heteroatoms. The van der Waals surface area contributed by atoms with Gasteiger partial charge in [0, 0.05) is 18.2 Å². The number of carbonyl (C=O) groups is 3. The molecule has 0 unspecified atom stereocenters. The van der Waals surface area contributed by atoms with Gasteiger partial charge in [0.2, 0.25) is 11.9 Å². The lowest BCUT2D eigenvalue weighted by Gasteiger charge is -2.17. The molecule has 3 rings (SSSR count). The van der Waals surface area contributed by atoms with E-state index in [2.05, 4.69) is 10.6 Å². The highest BCUT2D eigenvalue weighted by Gasteiger charge is 2.28. The number of fused-ring (bicyclic) bond motifs is 1. The molecule has 0 aliphatic rings. The number of imide groups is 1. The predicted octanol–water partition coefficient (Wildman–Crippen LogP) is 2.85. The summed E-state index contributed by atoms with van der Waals surface area (Å²) in [7, 11) is 0. The van der Waals surface area contributed by atoms with E-state index in [0.29, 0.717) is 17.5 Å². The van der Waals surface area contributed by atoms with Crippen LogP contribution in [0, 0.1) is 6.92 Å². The third-order valence-corrected chi connectivity index (χ3v) is 4.22. The van der Waals surface area contributed by atoms with Crippen LogP contribution in [0.2, 0.25) is 0 Å². The minimum Gasteiger partial charge on any atom is -0.449 e. The van der Waals surface area contributed by atoms with Crippen LogP contribution in [-0.4, -0.2) is 24.5 Å². The zero-order valence-electron chi connectivity index (χ0n) is 16.4. The number of nitrogens with one attached hydrogen (secondary N) is 2. The van der Waals surface area contributed by atoms with Crippen molar-refractivity contribution >= 4 is 28.9 Å². The molecule has 0 aliphatic heterocycles. The lowest BCUT2D eigenvalue weighted by molar-refractivity contribution is -0.129. The number of esters is 1. The van der Waals surface area contributed by atoms with Gasteiger partial charge in [0.1, 0.15) is 5.58 Å². The molecule has 0 fully saturated rings. The summed E-state index contributed by atoms with van der Waals surface area (Å²) in [5.74, 6) is -2.18. The minimum atomic E-state index is -1.42. The lowest BCUT2D eigenvalue weighted by atomic mass is 10.1. The van der Waals surface area contributed by atoms with Crippen molar-refractivity contribution < 1.29 is 23.5 Å². The van der Waals surface area contributed by atoms with E-state index >= 15 is 0 Å². The lowest BCUT2D eigenvalue weighted by Crippen LogP contribution is -2.42. The van der Waals surface area contributed by atoms with Crippen LogP contribution < -0.4 is 16.1 Å². The average molecular weight is 408 g/mol. The summed E-state index contributed by atoms with van der Waals surface area (Å²) in [5.41, 5.74) is 1.04. The predicted molar refractivity (Wildman–Crippen MR) is 109 cm³/mol. The molecule has 8 nitrogen and oxygen atoms in total. The van der Waals surface area contributed by atoms with Crippen LogP contribution >= 0.6 is 0 Å². The second kappa shape index (κ2) is 9.04. The summed E-state index contributed by atoms with van der Waals surface area (Å²) in [6.45, 7) is 3.84. The van der Waals surface area contributed by atoms with Gasteiger partial charge in [-0.1, -0.05) is 42.0 Å². The fourth-order valence-corrected chi connectivity index (χ4v) is 2.82. The molecule has 0 saturated carbocycles. The van der Waals surface area contributed by atoms with Crippen molar-refractivity contribution in [2.24, 2.45) is 0 Å². The van der Waals surface area contributed by atoms with Crippen molar-refractivity contribution in [1.82, 2.24) is 10.6 Å². The van der Waals surface area contributed by atoms with Crippen molar-refractivity contribution in [2.75, 3.05) is 6.54 Å². The normalized spacial score (nSPS) is 11.5. The minimum absolute atomic E-state index is 0.225. The molecule has 1 heterocycles. The van der Waals surface area contributed by atoms with Crippen LogP contribution in [0.4, 0.5) is 4.79 Å². The largest absolute Gasteiger partial charge is 0.449 e. The number of benzene rings is 2. The molecule has 3 aromatic rings. The second-order valence-electron chi connectivity index (χ2n) is 6.52. The Balaban J connectivity index is 1.90. The first kappa shape index (κ1) is 20.8. The topological polar surface area (TPSA) is 115 Å². The Bertz CT molecular complexity index is 1150. The van der Waals surface area contributed by atoms with E-state index in [9.17, 15) is 19.2 Å². The summed E-state index contributed by atoms with van der Waals surface area (Å²) >= 11 is 0. The molecule has 0 spiro atoms.